The highest BCUT2D eigenvalue weighted by Gasteiger charge is 2.09. The maximum Gasteiger partial charge on any atom is 0.268 e. The maximum atomic E-state index is 13.3. The minimum Gasteiger partial charge on any atom is -0.472 e. The summed E-state index contributed by atoms with van der Waals surface area (Å²) in [6, 6.07) is 3.16. The topological polar surface area (TPSA) is 55.0 Å². The molecule has 0 amide bonds. The number of halogens is 3. The van der Waals surface area contributed by atoms with Gasteiger partial charge in [-0.3, -0.25) is 4.79 Å². The lowest BCUT2D eigenvalue weighted by Crippen LogP contribution is -2.10. The third-order valence-electron chi connectivity index (χ3n) is 2.14. The van der Waals surface area contributed by atoms with Crippen LogP contribution in [0.3, 0.4) is 0 Å². The normalized spacial score (nSPS) is 10.4. The Morgan fingerprint density at radius 1 is 1.39 bits per heavy atom. The number of ether oxygens (including phenoxy) is 1. The average Bonchev–Trinajstić information content (AvgIpc) is 2.33. The lowest BCUT2D eigenvalue weighted by Gasteiger charge is -2.07. The van der Waals surface area contributed by atoms with E-state index in [4.69, 9.17) is 4.74 Å². The molecule has 18 heavy (non-hydrogen) atoms. The van der Waals surface area contributed by atoms with E-state index in [1.54, 1.807) is 0 Å². The van der Waals surface area contributed by atoms with Gasteiger partial charge in [0, 0.05) is 11.6 Å². The fourth-order valence-corrected chi connectivity index (χ4v) is 1.58. The SMILES string of the molecule is O=c1[nH]cnc(OCc2ccc(F)cc2F)c1Br. The Kier molecular flexibility index (Phi) is 3.71. The van der Waals surface area contributed by atoms with Gasteiger partial charge in [0.15, 0.2) is 0 Å². The van der Waals surface area contributed by atoms with Gasteiger partial charge in [-0.2, -0.15) is 0 Å². The molecule has 0 bridgehead atoms. The standard InChI is InChI=1S/C11H7BrF2N2O2/c12-9-10(17)15-5-16-11(9)18-4-6-1-2-7(13)3-8(6)14/h1-3,5H,4H2,(H,15,16,17). The lowest BCUT2D eigenvalue weighted by atomic mass is 10.2. The van der Waals surface area contributed by atoms with E-state index in [2.05, 4.69) is 25.9 Å². The maximum absolute atomic E-state index is 13.3. The predicted octanol–water partition coefficient (Wildman–Crippen LogP) is 2.39. The summed E-state index contributed by atoms with van der Waals surface area (Å²) >= 11 is 3.00. The van der Waals surface area contributed by atoms with Crippen LogP contribution in [-0.2, 0) is 6.61 Å². The van der Waals surface area contributed by atoms with Crippen molar-refractivity contribution >= 4 is 15.9 Å². The molecule has 0 radical (unpaired) electrons. The average molecular weight is 317 g/mol. The molecule has 2 aromatic rings. The van der Waals surface area contributed by atoms with E-state index in [-0.39, 0.29) is 22.5 Å². The molecule has 0 aliphatic heterocycles. The molecule has 1 N–H and O–H groups in total. The Hall–Kier alpha value is -1.76. The molecule has 0 unspecified atom stereocenters. The number of aromatic amines is 1. The quantitative estimate of drug-likeness (QED) is 0.946. The summed E-state index contributed by atoms with van der Waals surface area (Å²) in [5.74, 6) is -1.33. The summed E-state index contributed by atoms with van der Waals surface area (Å²) in [4.78, 5) is 17.3. The zero-order valence-electron chi connectivity index (χ0n) is 8.91. The van der Waals surface area contributed by atoms with Crippen LogP contribution < -0.4 is 10.3 Å². The van der Waals surface area contributed by atoms with Crippen molar-refractivity contribution in [2.45, 2.75) is 6.61 Å². The number of benzene rings is 1. The van der Waals surface area contributed by atoms with Crippen molar-refractivity contribution in [2.24, 2.45) is 0 Å². The summed E-state index contributed by atoms with van der Waals surface area (Å²) in [6.45, 7) is -0.152. The van der Waals surface area contributed by atoms with Gasteiger partial charge in [-0.05, 0) is 28.1 Å². The first-order valence-corrected chi connectivity index (χ1v) is 5.67. The molecule has 7 heteroatoms. The molecule has 1 aromatic carbocycles. The van der Waals surface area contributed by atoms with E-state index in [0.29, 0.717) is 0 Å². The van der Waals surface area contributed by atoms with E-state index < -0.39 is 17.2 Å². The number of hydrogen-bond donors (Lipinski definition) is 1. The minimum atomic E-state index is -0.712. The predicted molar refractivity (Wildman–Crippen MR) is 63.2 cm³/mol. The van der Waals surface area contributed by atoms with Gasteiger partial charge in [-0.15, -0.1) is 0 Å². The molecule has 0 saturated heterocycles. The minimum absolute atomic E-state index is 0.0440. The second-order valence-electron chi connectivity index (χ2n) is 3.38. The number of aromatic nitrogens is 2. The molecule has 2 rings (SSSR count). The van der Waals surface area contributed by atoms with Crippen LogP contribution >= 0.6 is 15.9 Å². The molecular weight excluding hydrogens is 310 g/mol. The van der Waals surface area contributed by atoms with E-state index in [9.17, 15) is 13.6 Å². The van der Waals surface area contributed by atoms with Gasteiger partial charge in [0.05, 0.1) is 6.33 Å². The number of rotatable bonds is 3. The molecule has 4 nitrogen and oxygen atoms in total. The lowest BCUT2D eigenvalue weighted by molar-refractivity contribution is 0.284. The molecule has 1 heterocycles. The van der Waals surface area contributed by atoms with Crippen LogP contribution in [0.2, 0.25) is 0 Å². The van der Waals surface area contributed by atoms with Crippen LogP contribution in [0, 0.1) is 11.6 Å². The molecule has 0 spiro atoms. The van der Waals surface area contributed by atoms with Crippen molar-refractivity contribution in [2.75, 3.05) is 0 Å². The van der Waals surface area contributed by atoms with Crippen molar-refractivity contribution in [1.29, 1.82) is 0 Å². The van der Waals surface area contributed by atoms with E-state index in [1.807, 2.05) is 0 Å². The van der Waals surface area contributed by atoms with E-state index in [1.165, 1.54) is 12.4 Å². The van der Waals surface area contributed by atoms with Crippen molar-refractivity contribution in [3.63, 3.8) is 0 Å². The fourth-order valence-electron chi connectivity index (χ4n) is 1.25. The van der Waals surface area contributed by atoms with Crippen molar-refractivity contribution in [3.05, 3.63) is 56.6 Å². The molecule has 1 aromatic heterocycles. The molecule has 0 saturated carbocycles. The summed E-state index contributed by atoms with van der Waals surface area (Å²) in [5.41, 5.74) is -0.232. The van der Waals surface area contributed by atoms with Crippen LogP contribution in [0.4, 0.5) is 8.78 Å². The van der Waals surface area contributed by atoms with Crippen LogP contribution in [-0.4, -0.2) is 9.97 Å². The van der Waals surface area contributed by atoms with Crippen LogP contribution in [0.25, 0.3) is 0 Å². The summed E-state index contributed by atoms with van der Waals surface area (Å²) in [7, 11) is 0. The van der Waals surface area contributed by atoms with Gasteiger partial charge >= 0.3 is 0 Å². The first-order chi connectivity index (χ1) is 8.58. The van der Waals surface area contributed by atoms with Crippen molar-refractivity contribution in [3.8, 4) is 5.88 Å². The zero-order valence-corrected chi connectivity index (χ0v) is 10.5. The molecule has 94 valence electrons. The van der Waals surface area contributed by atoms with E-state index >= 15 is 0 Å². The zero-order chi connectivity index (χ0) is 13.1. The highest BCUT2D eigenvalue weighted by atomic mass is 79.9. The van der Waals surface area contributed by atoms with Crippen LogP contribution in [0.15, 0.2) is 33.8 Å². The number of hydrogen-bond acceptors (Lipinski definition) is 3. The van der Waals surface area contributed by atoms with Gasteiger partial charge in [0.2, 0.25) is 5.88 Å². The highest BCUT2D eigenvalue weighted by molar-refractivity contribution is 9.10. The van der Waals surface area contributed by atoms with Gasteiger partial charge < -0.3 is 9.72 Å². The second kappa shape index (κ2) is 5.26. The summed E-state index contributed by atoms with van der Waals surface area (Å²) < 4.78 is 31.3. The number of nitrogens with zero attached hydrogens (tertiary/aromatic N) is 1. The monoisotopic (exact) mass is 316 g/mol. The molecule has 0 aliphatic carbocycles. The van der Waals surface area contributed by atoms with Gasteiger partial charge in [0.1, 0.15) is 22.7 Å². The Bertz CT molecular complexity index is 631. The third kappa shape index (κ3) is 2.73. The van der Waals surface area contributed by atoms with Gasteiger partial charge in [-0.25, -0.2) is 13.8 Å². The number of nitrogens with one attached hydrogen (secondary N) is 1. The van der Waals surface area contributed by atoms with Crippen LogP contribution in [0.1, 0.15) is 5.56 Å². The Labute approximate surface area is 109 Å². The van der Waals surface area contributed by atoms with E-state index in [0.717, 1.165) is 12.1 Å². The Balaban J connectivity index is 2.16. The Morgan fingerprint density at radius 3 is 2.89 bits per heavy atom. The van der Waals surface area contributed by atoms with Crippen LogP contribution in [0.5, 0.6) is 5.88 Å². The molecule has 0 atom stereocenters. The molecule has 0 aliphatic rings. The summed E-state index contributed by atoms with van der Waals surface area (Å²) in [5, 5.41) is 0. The first kappa shape index (κ1) is 12.7. The Morgan fingerprint density at radius 2 is 2.17 bits per heavy atom. The second-order valence-corrected chi connectivity index (χ2v) is 4.17. The molecular formula is C11H7BrF2N2O2. The summed E-state index contributed by atoms with van der Waals surface area (Å²) in [6.07, 6.45) is 1.17. The smallest absolute Gasteiger partial charge is 0.268 e. The molecule has 0 fully saturated rings. The first-order valence-electron chi connectivity index (χ1n) is 4.88. The highest BCUT2D eigenvalue weighted by Crippen LogP contribution is 2.18. The fraction of sp³-hybridized carbons (Fsp3) is 0.0909. The van der Waals surface area contributed by atoms with Crippen molar-refractivity contribution < 1.29 is 13.5 Å². The largest absolute Gasteiger partial charge is 0.472 e. The number of H-pyrrole nitrogens is 1. The van der Waals surface area contributed by atoms with Crippen molar-refractivity contribution in [1.82, 2.24) is 9.97 Å². The third-order valence-corrected chi connectivity index (χ3v) is 2.84. The van der Waals surface area contributed by atoms with Gasteiger partial charge in [-0.1, -0.05) is 0 Å². The van der Waals surface area contributed by atoms with Gasteiger partial charge in [0.25, 0.3) is 5.56 Å².